The number of aromatic carboxylic acids is 1. The molecule has 0 saturated carbocycles. The van der Waals surface area contributed by atoms with Gasteiger partial charge in [0.05, 0.1) is 11.3 Å². The lowest BCUT2D eigenvalue weighted by Gasteiger charge is -2.35. The van der Waals surface area contributed by atoms with Crippen molar-refractivity contribution in [1.29, 1.82) is 0 Å². The highest BCUT2D eigenvalue weighted by molar-refractivity contribution is 5.87. The molecule has 2 aromatic heterocycles. The lowest BCUT2D eigenvalue weighted by Crippen LogP contribution is -2.40. The Morgan fingerprint density at radius 2 is 2.23 bits per heavy atom. The van der Waals surface area contributed by atoms with Gasteiger partial charge in [0.15, 0.2) is 0 Å². The van der Waals surface area contributed by atoms with Gasteiger partial charge in [0.1, 0.15) is 5.65 Å². The second-order valence-corrected chi connectivity index (χ2v) is 6.52. The summed E-state index contributed by atoms with van der Waals surface area (Å²) in [6.45, 7) is 6.83. The largest absolute Gasteiger partial charge is 0.478 e. The number of carboxylic acids is 1. The van der Waals surface area contributed by atoms with Crippen molar-refractivity contribution in [3.05, 3.63) is 35.8 Å². The average molecular weight is 301 g/mol. The fourth-order valence-corrected chi connectivity index (χ4v) is 3.30. The van der Waals surface area contributed by atoms with Crippen LogP contribution in [-0.4, -0.2) is 44.5 Å². The molecule has 22 heavy (non-hydrogen) atoms. The Kier molecular flexibility index (Phi) is 4.16. The monoisotopic (exact) mass is 301 g/mol. The zero-order valence-electron chi connectivity index (χ0n) is 13.2. The predicted molar refractivity (Wildman–Crippen MR) is 85.3 cm³/mol. The Bertz CT molecular complexity index is 678. The van der Waals surface area contributed by atoms with Crippen molar-refractivity contribution < 1.29 is 9.90 Å². The smallest absolute Gasteiger partial charge is 0.337 e. The van der Waals surface area contributed by atoms with Crippen LogP contribution in [0.15, 0.2) is 24.5 Å². The molecular weight excluding hydrogens is 278 g/mol. The molecular formula is C17H23N3O2. The van der Waals surface area contributed by atoms with Crippen molar-refractivity contribution in [3.8, 4) is 0 Å². The maximum absolute atomic E-state index is 11.0. The lowest BCUT2D eigenvalue weighted by atomic mass is 9.93. The number of likely N-dealkylation sites (tertiary alicyclic amines) is 1. The molecule has 1 N–H and O–H groups in total. The van der Waals surface area contributed by atoms with Crippen LogP contribution in [0.4, 0.5) is 0 Å². The van der Waals surface area contributed by atoms with Crippen LogP contribution in [0, 0.1) is 5.92 Å². The first-order chi connectivity index (χ1) is 10.5. The molecule has 1 aliphatic heterocycles. The third-order valence-electron chi connectivity index (χ3n) is 4.53. The van der Waals surface area contributed by atoms with Crippen molar-refractivity contribution in [2.45, 2.75) is 39.2 Å². The van der Waals surface area contributed by atoms with Crippen LogP contribution in [-0.2, 0) is 6.42 Å². The van der Waals surface area contributed by atoms with Gasteiger partial charge in [0.2, 0.25) is 0 Å². The summed E-state index contributed by atoms with van der Waals surface area (Å²) in [5, 5.41) is 9.05. The Morgan fingerprint density at radius 3 is 2.95 bits per heavy atom. The second-order valence-electron chi connectivity index (χ2n) is 6.52. The first-order valence-corrected chi connectivity index (χ1v) is 7.98. The van der Waals surface area contributed by atoms with E-state index < -0.39 is 5.97 Å². The summed E-state index contributed by atoms with van der Waals surface area (Å²) in [5.74, 6) is -0.267. The van der Waals surface area contributed by atoms with Gasteiger partial charge in [0, 0.05) is 25.0 Å². The first-order valence-electron chi connectivity index (χ1n) is 7.98. The van der Waals surface area contributed by atoms with Gasteiger partial charge in [-0.3, -0.25) is 0 Å². The van der Waals surface area contributed by atoms with Gasteiger partial charge in [-0.05, 0) is 57.7 Å². The molecule has 0 radical (unpaired) electrons. The second kappa shape index (κ2) is 6.08. The van der Waals surface area contributed by atoms with Crippen LogP contribution < -0.4 is 0 Å². The molecule has 5 nitrogen and oxygen atoms in total. The van der Waals surface area contributed by atoms with Gasteiger partial charge in [-0.25, -0.2) is 9.78 Å². The van der Waals surface area contributed by atoms with Gasteiger partial charge in [-0.15, -0.1) is 0 Å². The molecule has 1 fully saturated rings. The summed E-state index contributed by atoms with van der Waals surface area (Å²) < 4.78 is 1.82. The summed E-state index contributed by atoms with van der Waals surface area (Å²) >= 11 is 0. The molecule has 0 aromatic carbocycles. The fraction of sp³-hybridized carbons (Fsp3) is 0.529. The highest BCUT2D eigenvalue weighted by Gasteiger charge is 2.22. The Morgan fingerprint density at radius 1 is 1.41 bits per heavy atom. The van der Waals surface area contributed by atoms with E-state index in [1.54, 1.807) is 18.3 Å². The number of hydrogen-bond acceptors (Lipinski definition) is 3. The number of piperidine rings is 1. The number of imidazole rings is 1. The number of carbonyl (C=O) groups is 1. The van der Waals surface area contributed by atoms with Crippen molar-refractivity contribution in [3.63, 3.8) is 0 Å². The number of hydrogen-bond donors (Lipinski definition) is 1. The van der Waals surface area contributed by atoms with E-state index in [9.17, 15) is 4.79 Å². The van der Waals surface area contributed by atoms with Gasteiger partial charge in [-0.1, -0.05) is 0 Å². The molecule has 118 valence electrons. The van der Waals surface area contributed by atoms with E-state index in [4.69, 9.17) is 5.11 Å². The van der Waals surface area contributed by atoms with Gasteiger partial charge in [0.25, 0.3) is 0 Å². The third-order valence-corrected chi connectivity index (χ3v) is 4.53. The third kappa shape index (κ3) is 3.14. The zero-order valence-corrected chi connectivity index (χ0v) is 13.2. The van der Waals surface area contributed by atoms with Crippen molar-refractivity contribution in [2.24, 2.45) is 5.92 Å². The average Bonchev–Trinajstić information content (AvgIpc) is 2.88. The Labute approximate surface area is 130 Å². The van der Waals surface area contributed by atoms with E-state index in [1.807, 2.05) is 10.6 Å². The van der Waals surface area contributed by atoms with E-state index >= 15 is 0 Å². The van der Waals surface area contributed by atoms with Crippen LogP contribution in [0.25, 0.3) is 5.65 Å². The molecule has 0 aliphatic carbocycles. The highest BCUT2D eigenvalue weighted by Crippen LogP contribution is 2.22. The lowest BCUT2D eigenvalue weighted by molar-refractivity contribution is 0.0696. The summed E-state index contributed by atoms with van der Waals surface area (Å²) in [7, 11) is 0. The van der Waals surface area contributed by atoms with Gasteiger partial charge >= 0.3 is 5.97 Å². The molecule has 1 aliphatic rings. The molecule has 5 heteroatoms. The maximum atomic E-state index is 11.0. The summed E-state index contributed by atoms with van der Waals surface area (Å²) in [6, 6.07) is 3.98. The maximum Gasteiger partial charge on any atom is 0.337 e. The fourth-order valence-electron chi connectivity index (χ4n) is 3.30. The Hall–Kier alpha value is -1.88. The van der Waals surface area contributed by atoms with Gasteiger partial charge < -0.3 is 14.4 Å². The Balaban J connectivity index is 1.75. The molecule has 3 rings (SSSR count). The minimum absolute atomic E-state index is 0.292. The first kappa shape index (κ1) is 15.0. The standard InChI is InChI=1S/C17H23N3O2/c1-12(2)19-7-3-4-13(9-19)8-15-11-20-10-14(17(21)22)5-6-16(20)18-15/h5-6,10-13H,3-4,7-9H2,1-2H3,(H,21,22). The van der Waals surface area contributed by atoms with E-state index in [0.29, 0.717) is 17.5 Å². The molecule has 0 bridgehead atoms. The minimum atomic E-state index is -0.906. The van der Waals surface area contributed by atoms with Crippen molar-refractivity contribution in [2.75, 3.05) is 13.1 Å². The van der Waals surface area contributed by atoms with E-state index in [-0.39, 0.29) is 0 Å². The number of pyridine rings is 1. The minimum Gasteiger partial charge on any atom is -0.478 e. The normalized spacial score (nSPS) is 19.9. The molecule has 2 aromatic rings. The summed E-state index contributed by atoms with van der Waals surface area (Å²) in [5.41, 5.74) is 2.16. The molecule has 1 saturated heterocycles. The number of nitrogens with zero attached hydrogens (tertiary/aromatic N) is 3. The van der Waals surface area contributed by atoms with Crippen LogP contribution in [0.3, 0.4) is 0 Å². The van der Waals surface area contributed by atoms with Crippen LogP contribution in [0.2, 0.25) is 0 Å². The van der Waals surface area contributed by atoms with E-state index in [0.717, 1.165) is 24.3 Å². The number of aromatic nitrogens is 2. The number of fused-ring (bicyclic) bond motifs is 1. The topological polar surface area (TPSA) is 57.8 Å². The number of rotatable bonds is 4. The predicted octanol–water partition coefficient (Wildman–Crippen LogP) is 2.70. The molecule has 0 amide bonds. The van der Waals surface area contributed by atoms with Crippen molar-refractivity contribution >= 4 is 11.6 Å². The molecule has 0 spiro atoms. The highest BCUT2D eigenvalue weighted by atomic mass is 16.4. The summed E-state index contributed by atoms with van der Waals surface area (Å²) in [4.78, 5) is 18.2. The van der Waals surface area contributed by atoms with Gasteiger partial charge in [-0.2, -0.15) is 0 Å². The van der Waals surface area contributed by atoms with Crippen molar-refractivity contribution in [1.82, 2.24) is 14.3 Å². The summed E-state index contributed by atoms with van der Waals surface area (Å²) in [6.07, 6.45) is 7.07. The quantitative estimate of drug-likeness (QED) is 0.943. The van der Waals surface area contributed by atoms with Crippen LogP contribution >= 0.6 is 0 Å². The van der Waals surface area contributed by atoms with Crippen LogP contribution in [0.5, 0.6) is 0 Å². The van der Waals surface area contributed by atoms with Crippen LogP contribution in [0.1, 0.15) is 42.7 Å². The molecule has 1 unspecified atom stereocenters. The zero-order chi connectivity index (χ0) is 15.7. The molecule has 1 atom stereocenters. The SMILES string of the molecule is CC(C)N1CCCC(Cc2cn3cc(C(=O)O)ccc3n2)C1. The molecule has 3 heterocycles. The number of carboxylic acid groups (broad SMARTS) is 1. The van der Waals surface area contributed by atoms with E-state index in [2.05, 4.69) is 23.7 Å². The van der Waals surface area contributed by atoms with E-state index in [1.165, 1.54) is 19.4 Å².